The van der Waals surface area contributed by atoms with Gasteiger partial charge in [-0.3, -0.25) is 9.78 Å². The number of nitrogens with zero attached hydrogens (tertiary/aromatic N) is 2. The molecule has 0 fully saturated rings. The number of halogens is 1. The number of aromatic nitrogens is 2. The van der Waals surface area contributed by atoms with Crippen LogP contribution >= 0.6 is 15.9 Å². The molecule has 1 amide bonds. The second-order valence-electron chi connectivity index (χ2n) is 3.89. The van der Waals surface area contributed by atoms with Crippen LogP contribution in [0.2, 0.25) is 0 Å². The monoisotopic (exact) mass is 335 g/mol. The molecule has 0 aliphatic rings. The van der Waals surface area contributed by atoms with Crippen LogP contribution in [0.25, 0.3) is 0 Å². The molecule has 0 saturated carbocycles. The van der Waals surface area contributed by atoms with Crippen LogP contribution in [0.15, 0.2) is 41.3 Å². The van der Waals surface area contributed by atoms with Crippen LogP contribution < -0.4 is 5.32 Å². The van der Waals surface area contributed by atoms with Crippen molar-refractivity contribution < 1.29 is 14.7 Å². The normalized spacial score (nSPS) is 10.1. The second-order valence-corrected chi connectivity index (χ2v) is 4.70. The van der Waals surface area contributed by atoms with E-state index in [-0.39, 0.29) is 18.0 Å². The topological polar surface area (TPSA) is 92.2 Å². The highest BCUT2D eigenvalue weighted by molar-refractivity contribution is 9.10. The fourth-order valence-electron chi connectivity index (χ4n) is 1.52. The van der Waals surface area contributed by atoms with Gasteiger partial charge < -0.3 is 10.4 Å². The molecule has 0 bridgehead atoms. The van der Waals surface area contributed by atoms with E-state index in [1.54, 1.807) is 12.1 Å². The molecule has 0 aromatic carbocycles. The molecular weight excluding hydrogens is 326 g/mol. The number of hydrogen-bond acceptors (Lipinski definition) is 4. The van der Waals surface area contributed by atoms with Gasteiger partial charge >= 0.3 is 5.97 Å². The van der Waals surface area contributed by atoms with Crippen LogP contribution in [-0.2, 0) is 6.54 Å². The lowest BCUT2D eigenvalue weighted by atomic mass is 10.2. The Morgan fingerprint density at radius 2 is 1.85 bits per heavy atom. The lowest BCUT2D eigenvalue weighted by Crippen LogP contribution is -2.23. The van der Waals surface area contributed by atoms with Crippen LogP contribution in [-0.4, -0.2) is 27.0 Å². The summed E-state index contributed by atoms with van der Waals surface area (Å²) < 4.78 is 0.566. The number of hydrogen-bond donors (Lipinski definition) is 2. The average molecular weight is 336 g/mol. The largest absolute Gasteiger partial charge is 0.478 e. The summed E-state index contributed by atoms with van der Waals surface area (Å²) >= 11 is 3.18. The molecule has 7 heteroatoms. The molecule has 0 atom stereocenters. The number of carboxylic acids is 1. The fourth-order valence-corrected chi connectivity index (χ4v) is 1.89. The Labute approximate surface area is 123 Å². The highest BCUT2D eigenvalue weighted by Gasteiger charge is 2.08. The summed E-state index contributed by atoms with van der Waals surface area (Å²) in [5, 5.41) is 11.5. The Morgan fingerprint density at radius 1 is 1.15 bits per heavy atom. The molecule has 0 saturated heterocycles. The van der Waals surface area contributed by atoms with Gasteiger partial charge in [0.1, 0.15) is 4.60 Å². The second kappa shape index (κ2) is 6.25. The number of amides is 1. The van der Waals surface area contributed by atoms with Crippen molar-refractivity contribution in [2.45, 2.75) is 6.54 Å². The molecular formula is C13H10BrN3O3. The molecule has 2 rings (SSSR count). The van der Waals surface area contributed by atoms with Gasteiger partial charge in [-0.05, 0) is 40.2 Å². The van der Waals surface area contributed by atoms with E-state index in [1.165, 1.54) is 24.5 Å². The number of carbonyl (C=O) groups excluding carboxylic acids is 1. The number of carbonyl (C=O) groups is 2. The zero-order valence-electron chi connectivity index (χ0n) is 10.2. The Kier molecular flexibility index (Phi) is 4.41. The molecule has 20 heavy (non-hydrogen) atoms. The highest BCUT2D eigenvalue weighted by atomic mass is 79.9. The van der Waals surface area contributed by atoms with E-state index in [1.807, 2.05) is 0 Å². The maximum atomic E-state index is 11.9. The lowest BCUT2D eigenvalue weighted by Gasteiger charge is -2.05. The van der Waals surface area contributed by atoms with Crippen molar-refractivity contribution >= 4 is 27.8 Å². The minimum absolute atomic E-state index is 0.135. The first-order valence-electron chi connectivity index (χ1n) is 5.64. The van der Waals surface area contributed by atoms with E-state index in [2.05, 4.69) is 31.2 Å². The van der Waals surface area contributed by atoms with Crippen molar-refractivity contribution in [3.8, 4) is 0 Å². The quantitative estimate of drug-likeness (QED) is 0.832. The van der Waals surface area contributed by atoms with Crippen molar-refractivity contribution in [2.24, 2.45) is 0 Å². The van der Waals surface area contributed by atoms with Crippen LogP contribution in [0.4, 0.5) is 0 Å². The number of aromatic carboxylic acids is 1. The summed E-state index contributed by atoms with van der Waals surface area (Å²) in [5.41, 5.74) is 1.07. The summed E-state index contributed by atoms with van der Waals surface area (Å²) in [5.74, 6) is -1.31. The molecule has 102 valence electrons. The van der Waals surface area contributed by atoms with Crippen molar-refractivity contribution in [2.75, 3.05) is 0 Å². The van der Waals surface area contributed by atoms with Crippen molar-refractivity contribution in [1.82, 2.24) is 15.3 Å². The van der Waals surface area contributed by atoms with Gasteiger partial charge in [0.05, 0.1) is 17.8 Å². The minimum Gasteiger partial charge on any atom is -0.478 e. The first kappa shape index (κ1) is 14.1. The first-order valence-corrected chi connectivity index (χ1v) is 6.43. The van der Waals surface area contributed by atoms with E-state index in [0.29, 0.717) is 15.9 Å². The zero-order valence-corrected chi connectivity index (χ0v) is 11.8. The Hall–Kier alpha value is -2.28. The molecule has 6 nitrogen and oxygen atoms in total. The third-order valence-corrected chi connectivity index (χ3v) is 2.92. The highest BCUT2D eigenvalue weighted by Crippen LogP contribution is 2.08. The summed E-state index contributed by atoms with van der Waals surface area (Å²) in [6, 6.07) is 6.00. The van der Waals surface area contributed by atoms with Crippen molar-refractivity contribution in [3.63, 3.8) is 0 Å². The van der Waals surface area contributed by atoms with Crippen LogP contribution in [0, 0.1) is 0 Å². The number of rotatable bonds is 4. The zero-order chi connectivity index (χ0) is 14.5. The smallest absolute Gasteiger partial charge is 0.335 e. The molecule has 0 unspecified atom stereocenters. The van der Waals surface area contributed by atoms with E-state index in [0.717, 1.165) is 0 Å². The molecule has 2 aromatic rings. The summed E-state index contributed by atoms with van der Waals surface area (Å²) in [6.45, 7) is 0.153. The molecule has 0 spiro atoms. The van der Waals surface area contributed by atoms with E-state index in [4.69, 9.17) is 5.11 Å². The van der Waals surface area contributed by atoms with Crippen molar-refractivity contribution in [3.05, 3.63) is 58.1 Å². The van der Waals surface area contributed by atoms with Gasteiger partial charge in [0.2, 0.25) is 0 Å². The van der Waals surface area contributed by atoms with E-state index in [9.17, 15) is 9.59 Å². The number of carboxylic acid groups (broad SMARTS) is 1. The Bertz CT molecular complexity index is 661. The van der Waals surface area contributed by atoms with Crippen molar-refractivity contribution in [1.29, 1.82) is 0 Å². The molecule has 0 aliphatic heterocycles. The molecule has 2 aromatic heterocycles. The molecule has 2 heterocycles. The van der Waals surface area contributed by atoms with Crippen LogP contribution in [0.1, 0.15) is 26.4 Å². The van der Waals surface area contributed by atoms with Gasteiger partial charge in [0, 0.05) is 18.0 Å². The average Bonchev–Trinajstić information content (AvgIpc) is 2.45. The summed E-state index contributed by atoms with van der Waals surface area (Å²) in [6.07, 6.45) is 2.91. The molecule has 0 aliphatic carbocycles. The van der Waals surface area contributed by atoms with Gasteiger partial charge in [0.15, 0.2) is 0 Å². The minimum atomic E-state index is -1.03. The number of nitrogens with one attached hydrogen (secondary N) is 1. The first-order chi connectivity index (χ1) is 9.56. The molecule has 0 radical (unpaired) electrons. The Morgan fingerprint density at radius 3 is 2.55 bits per heavy atom. The maximum Gasteiger partial charge on any atom is 0.335 e. The molecule has 2 N–H and O–H groups in total. The number of pyridine rings is 2. The van der Waals surface area contributed by atoms with Crippen LogP contribution in [0.5, 0.6) is 0 Å². The summed E-state index contributed by atoms with van der Waals surface area (Å²) in [4.78, 5) is 30.6. The standard InChI is InChI=1S/C13H10BrN3O3/c14-11-6-8(1-4-16-11)12(18)17-7-10-5-9(13(19)20)2-3-15-10/h1-6H,7H2,(H,17,18)(H,19,20). The van der Waals surface area contributed by atoms with E-state index >= 15 is 0 Å². The van der Waals surface area contributed by atoms with Crippen LogP contribution in [0.3, 0.4) is 0 Å². The van der Waals surface area contributed by atoms with Gasteiger partial charge in [-0.1, -0.05) is 0 Å². The van der Waals surface area contributed by atoms with Gasteiger partial charge in [-0.25, -0.2) is 9.78 Å². The summed E-state index contributed by atoms with van der Waals surface area (Å²) in [7, 11) is 0. The third kappa shape index (κ3) is 3.61. The van der Waals surface area contributed by atoms with Gasteiger partial charge in [-0.2, -0.15) is 0 Å². The van der Waals surface area contributed by atoms with Gasteiger partial charge in [-0.15, -0.1) is 0 Å². The fraction of sp³-hybridized carbons (Fsp3) is 0.0769. The lowest BCUT2D eigenvalue weighted by molar-refractivity contribution is 0.0696. The van der Waals surface area contributed by atoms with E-state index < -0.39 is 5.97 Å². The maximum absolute atomic E-state index is 11.9. The van der Waals surface area contributed by atoms with Gasteiger partial charge in [0.25, 0.3) is 5.91 Å². The predicted molar refractivity (Wildman–Crippen MR) is 74.3 cm³/mol. The third-order valence-electron chi connectivity index (χ3n) is 2.48. The SMILES string of the molecule is O=C(O)c1ccnc(CNC(=O)c2ccnc(Br)c2)c1. The Balaban J connectivity index is 2.03. The predicted octanol–water partition coefficient (Wildman–Crippen LogP) is 1.87.